The standard InChI is InChI=1S/C11H16N2O4/c1-9(2)5-10(13-8-15)11(16)6-17-4-3-12-7-14/h9-10H,3-6H2,1-2H3. The van der Waals surface area contributed by atoms with Crippen LogP contribution in [0.4, 0.5) is 0 Å². The third-order valence-electron chi connectivity index (χ3n) is 1.93. The van der Waals surface area contributed by atoms with Gasteiger partial charge in [0.2, 0.25) is 12.2 Å². The largest absolute Gasteiger partial charge is 0.372 e. The molecular formula is C11H16N2O4. The number of Topliss-reactive ketones (excluding diaryl/α,β-unsaturated/α-hetero) is 1. The summed E-state index contributed by atoms with van der Waals surface area (Å²) in [5, 5.41) is 0. The van der Waals surface area contributed by atoms with Gasteiger partial charge in [0, 0.05) is 0 Å². The fraction of sp³-hybridized carbons (Fsp3) is 0.727. The lowest BCUT2D eigenvalue weighted by Gasteiger charge is -2.11. The van der Waals surface area contributed by atoms with Crippen LogP contribution in [-0.2, 0) is 19.1 Å². The molecule has 94 valence electrons. The molecule has 0 aromatic rings. The van der Waals surface area contributed by atoms with Crippen molar-refractivity contribution >= 4 is 17.9 Å². The number of carbonyl (C=O) groups excluding carboxylic acids is 3. The zero-order valence-corrected chi connectivity index (χ0v) is 10.0. The van der Waals surface area contributed by atoms with Gasteiger partial charge in [-0.1, -0.05) is 13.8 Å². The number of rotatable bonds is 9. The quantitative estimate of drug-likeness (QED) is 0.336. The van der Waals surface area contributed by atoms with Gasteiger partial charge in [0.05, 0.1) is 13.2 Å². The molecule has 0 spiro atoms. The molecule has 0 aromatic carbocycles. The number of isocyanates is 2. The molecule has 0 radical (unpaired) electrons. The Labute approximate surface area is 99.8 Å². The summed E-state index contributed by atoms with van der Waals surface area (Å²) >= 11 is 0. The number of carbonyl (C=O) groups is 1. The Kier molecular flexibility index (Phi) is 8.69. The minimum Gasteiger partial charge on any atom is -0.372 e. The molecule has 0 heterocycles. The molecule has 0 saturated heterocycles. The molecule has 0 saturated carbocycles. The Morgan fingerprint density at radius 2 is 2.00 bits per heavy atom. The summed E-state index contributed by atoms with van der Waals surface area (Å²) in [7, 11) is 0. The van der Waals surface area contributed by atoms with E-state index in [0.717, 1.165) is 0 Å². The van der Waals surface area contributed by atoms with Crippen LogP contribution in [0.2, 0.25) is 0 Å². The van der Waals surface area contributed by atoms with Crippen molar-refractivity contribution in [1.82, 2.24) is 0 Å². The number of ketones is 1. The van der Waals surface area contributed by atoms with Gasteiger partial charge in [0.25, 0.3) is 0 Å². The van der Waals surface area contributed by atoms with E-state index in [1.165, 1.54) is 12.2 Å². The van der Waals surface area contributed by atoms with Crippen molar-refractivity contribution in [2.45, 2.75) is 26.3 Å². The first kappa shape index (κ1) is 15.4. The molecule has 1 unspecified atom stereocenters. The highest BCUT2D eigenvalue weighted by atomic mass is 16.5. The lowest BCUT2D eigenvalue weighted by atomic mass is 10.0. The maximum absolute atomic E-state index is 11.6. The zero-order valence-electron chi connectivity index (χ0n) is 10.0. The maximum Gasteiger partial charge on any atom is 0.235 e. The number of nitrogens with zero attached hydrogens (tertiary/aromatic N) is 2. The van der Waals surface area contributed by atoms with Gasteiger partial charge in [0.1, 0.15) is 12.6 Å². The van der Waals surface area contributed by atoms with E-state index in [2.05, 4.69) is 9.98 Å². The van der Waals surface area contributed by atoms with Crippen LogP contribution < -0.4 is 0 Å². The van der Waals surface area contributed by atoms with E-state index in [1.807, 2.05) is 13.8 Å². The third-order valence-corrected chi connectivity index (χ3v) is 1.93. The number of hydrogen-bond acceptors (Lipinski definition) is 6. The molecule has 0 bridgehead atoms. The molecular weight excluding hydrogens is 224 g/mol. The van der Waals surface area contributed by atoms with E-state index in [9.17, 15) is 14.4 Å². The predicted molar refractivity (Wildman–Crippen MR) is 60.2 cm³/mol. The van der Waals surface area contributed by atoms with Crippen LogP contribution in [0.15, 0.2) is 9.98 Å². The van der Waals surface area contributed by atoms with Crippen LogP contribution >= 0.6 is 0 Å². The van der Waals surface area contributed by atoms with Crippen LogP contribution in [0, 0.1) is 5.92 Å². The summed E-state index contributed by atoms with van der Waals surface area (Å²) in [4.78, 5) is 38.2. The molecule has 0 rings (SSSR count). The summed E-state index contributed by atoms with van der Waals surface area (Å²) in [6, 6.07) is -0.693. The Bertz CT molecular complexity index is 328. The van der Waals surface area contributed by atoms with E-state index in [0.29, 0.717) is 6.42 Å². The van der Waals surface area contributed by atoms with Crippen LogP contribution in [0.3, 0.4) is 0 Å². The second-order valence-corrected chi connectivity index (χ2v) is 3.86. The summed E-state index contributed by atoms with van der Waals surface area (Å²) in [6.07, 6.45) is 3.25. The van der Waals surface area contributed by atoms with Crippen molar-refractivity contribution < 1.29 is 19.1 Å². The Morgan fingerprint density at radius 3 is 2.53 bits per heavy atom. The van der Waals surface area contributed by atoms with Gasteiger partial charge < -0.3 is 4.74 Å². The Morgan fingerprint density at radius 1 is 1.29 bits per heavy atom. The van der Waals surface area contributed by atoms with Gasteiger partial charge in [-0.3, -0.25) is 4.79 Å². The minimum absolute atomic E-state index is 0.142. The van der Waals surface area contributed by atoms with E-state index >= 15 is 0 Å². The van der Waals surface area contributed by atoms with Crippen molar-refractivity contribution in [3.8, 4) is 0 Å². The lowest BCUT2D eigenvalue weighted by molar-refractivity contribution is -0.125. The molecule has 0 fully saturated rings. The second-order valence-electron chi connectivity index (χ2n) is 3.86. The highest BCUT2D eigenvalue weighted by molar-refractivity contribution is 5.86. The smallest absolute Gasteiger partial charge is 0.235 e. The molecule has 17 heavy (non-hydrogen) atoms. The molecule has 6 nitrogen and oxygen atoms in total. The molecule has 0 aliphatic heterocycles. The normalized spacial score (nSPS) is 11.5. The monoisotopic (exact) mass is 240 g/mol. The molecule has 1 atom stereocenters. The summed E-state index contributed by atoms with van der Waals surface area (Å²) in [5.41, 5.74) is 0. The lowest BCUT2D eigenvalue weighted by Crippen LogP contribution is -2.25. The van der Waals surface area contributed by atoms with Gasteiger partial charge in [-0.05, 0) is 12.3 Å². The van der Waals surface area contributed by atoms with Gasteiger partial charge in [-0.2, -0.15) is 4.99 Å². The first-order valence-corrected chi connectivity index (χ1v) is 5.32. The average molecular weight is 240 g/mol. The summed E-state index contributed by atoms with van der Waals surface area (Å²) < 4.78 is 4.99. The van der Waals surface area contributed by atoms with Crippen LogP contribution in [-0.4, -0.2) is 43.7 Å². The van der Waals surface area contributed by atoms with Crippen molar-refractivity contribution in [3.05, 3.63) is 0 Å². The predicted octanol–water partition coefficient (Wildman–Crippen LogP) is 0.658. The number of ether oxygens (including phenoxy) is 1. The van der Waals surface area contributed by atoms with Crippen molar-refractivity contribution in [1.29, 1.82) is 0 Å². The van der Waals surface area contributed by atoms with E-state index in [4.69, 9.17) is 4.74 Å². The van der Waals surface area contributed by atoms with E-state index in [-0.39, 0.29) is 31.5 Å². The first-order chi connectivity index (χ1) is 8.11. The minimum atomic E-state index is -0.693. The van der Waals surface area contributed by atoms with Gasteiger partial charge in [-0.15, -0.1) is 0 Å². The van der Waals surface area contributed by atoms with Crippen molar-refractivity contribution in [2.24, 2.45) is 15.9 Å². The van der Waals surface area contributed by atoms with Crippen molar-refractivity contribution in [2.75, 3.05) is 19.8 Å². The highest BCUT2D eigenvalue weighted by Gasteiger charge is 2.18. The molecule has 6 heteroatoms. The number of hydrogen-bond donors (Lipinski definition) is 0. The second kappa shape index (κ2) is 9.60. The highest BCUT2D eigenvalue weighted by Crippen LogP contribution is 2.08. The number of aliphatic imine (C=N–C) groups is 2. The SMILES string of the molecule is CC(C)CC(N=C=O)C(=O)COCCN=C=O. The molecule has 0 aliphatic carbocycles. The topological polar surface area (TPSA) is 85.2 Å². The van der Waals surface area contributed by atoms with E-state index < -0.39 is 6.04 Å². The third kappa shape index (κ3) is 8.22. The van der Waals surface area contributed by atoms with Gasteiger partial charge in [0.15, 0.2) is 5.78 Å². The molecule has 0 amide bonds. The fourth-order valence-electron chi connectivity index (χ4n) is 1.19. The van der Waals surface area contributed by atoms with Crippen molar-refractivity contribution in [3.63, 3.8) is 0 Å². The summed E-state index contributed by atoms with van der Waals surface area (Å²) in [5.74, 6) is -0.0159. The van der Waals surface area contributed by atoms with Crippen LogP contribution in [0.5, 0.6) is 0 Å². The first-order valence-electron chi connectivity index (χ1n) is 5.32. The Hall–Kier alpha value is -1.61. The Balaban J connectivity index is 4.05. The van der Waals surface area contributed by atoms with E-state index in [1.54, 1.807) is 0 Å². The van der Waals surface area contributed by atoms with Gasteiger partial charge >= 0.3 is 0 Å². The van der Waals surface area contributed by atoms with Crippen LogP contribution in [0.25, 0.3) is 0 Å². The zero-order chi connectivity index (χ0) is 13.1. The fourth-order valence-corrected chi connectivity index (χ4v) is 1.19. The maximum atomic E-state index is 11.6. The average Bonchev–Trinajstić information content (AvgIpc) is 2.27. The molecule has 0 aromatic heterocycles. The van der Waals surface area contributed by atoms with Gasteiger partial charge in [-0.25, -0.2) is 14.6 Å². The molecule has 0 N–H and O–H groups in total. The summed E-state index contributed by atoms with van der Waals surface area (Å²) in [6.45, 7) is 4.06. The molecule has 0 aliphatic rings. The van der Waals surface area contributed by atoms with Crippen LogP contribution in [0.1, 0.15) is 20.3 Å².